The summed E-state index contributed by atoms with van der Waals surface area (Å²) in [7, 11) is 0. The number of aryl methyl sites for hydroxylation is 1. The fourth-order valence-electron chi connectivity index (χ4n) is 1.20. The van der Waals surface area contributed by atoms with Crippen molar-refractivity contribution >= 4 is 5.69 Å². The molecule has 0 aliphatic heterocycles. The summed E-state index contributed by atoms with van der Waals surface area (Å²) in [5.74, 6) is 0.322. The van der Waals surface area contributed by atoms with Crippen LogP contribution in [-0.2, 0) is 0 Å². The van der Waals surface area contributed by atoms with Crippen molar-refractivity contribution in [3.63, 3.8) is 0 Å². The molecule has 0 aliphatic carbocycles. The Bertz CT molecular complexity index is 483. The van der Waals surface area contributed by atoms with Crippen molar-refractivity contribution in [2.75, 3.05) is 0 Å². The summed E-state index contributed by atoms with van der Waals surface area (Å²) >= 11 is 0. The number of phenols is 1. The van der Waals surface area contributed by atoms with Crippen molar-refractivity contribution in [3.05, 3.63) is 70.3 Å². The monoisotopic (exact) mass is 231 g/mol. The number of nitro benzene ring substituents is 1. The Labute approximate surface area is 99.3 Å². The van der Waals surface area contributed by atoms with Crippen LogP contribution in [0.25, 0.3) is 0 Å². The molecule has 1 N–H and O–H groups in total. The van der Waals surface area contributed by atoms with Gasteiger partial charge in [-0.05, 0) is 19.1 Å². The molecular weight excluding hydrogens is 218 g/mol. The highest BCUT2D eigenvalue weighted by atomic mass is 16.6. The number of benzene rings is 2. The molecule has 0 fully saturated rings. The van der Waals surface area contributed by atoms with E-state index in [0.717, 1.165) is 0 Å². The fraction of sp³-hybridized carbons (Fsp3) is 0.0769. The minimum Gasteiger partial charge on any atom is -0.508 e. The summed E-state index contributed by atoms with van der Waals surface area (Å²) in [6, 6.07) is 15.4. The zero-order valence-corrected chi connectivity index (χ0v) is 9.41. The molecule has 4 nitrogen and oxygen atoms in total. The first-order chi connectivity index (χ1) is 8.11. The summed E-state index contributed by atoms with van der Waals surface area (Å²) in [5, 5.41) is 18.9. The van der Waals surface area contributed by atoms with Crippen LogP contribution in [0.5, 0.6) is 5.75 Å². The third-order valence-electron chi connectivity index (χ3n) is 2.07. The highest BCUT2D eigenvalue weighted by molar-refractivity contribution is 5.38. The van der Waals surface area contributed by atoms with E-state index in [1.165, 1.54) is 6.07 Å². The molecule has 0 bridgehead atoms. The van der Waals surface area contributed by atoms with Gasteiger partial charge in [-0.1, -0.05) is 36.4 Å². The number of phenolic OH excluding ortho intramolecular Hbond substituents is 1. The Morgan fingerprint density at radius 2 is 1.53 bits per heavy atom. The van der Waals surface area contributed by atoms with Gasteiger partial charge in [-0.2, -0.15) is 0 Å². The molecule has 88 valence electrons. The van der Waals surface area contributed by atoms with Crippen LogP contribution >= 0.6 is 0 Å². The van der Waals surface area contributed by atoms with E-state index < -0.39 is 0 Å². The Kier molecular flexibility index (Phi) is 4.69. The number of aromatic hydroxyl groups is 1. The van der Waals surface area contributed by atoms with E-state index in [4.69, 9.17) is 5.11 Å². The van der Waals surface area contributed by atoms with E-state index in [1.807, 2.05) is 6.07 Å². The fourth-order valence-corrected chi connectivity index (χ4v) is 1.20. The predicted molar refractivity (Wildman–Crippen MR) is 65.9 cm³/mol. The molecular formula is C13H13NO3. The Morgan fingerprint density at radius 1 is 1.00 bits per heavy atom. The van der Waals surface area contributed by atoms with E-state index in [1.54, 1.807) is 49.4 Å². The lowest BCUT2D eigenvalue weighted by Gasteiger charge is -1.92. The third kappa shape index (κ3) is 4.34. The van der Waals surface area contributed by atoms with Gasteiger partial charge in [0.1, 0.15) is 5.75 Å². The first kappa shape index (κ1) is 12.7. The maximum Gasteiger partial charge on any atom is 0.272 e. The molecule has 0 saturated carbocycles. The number of nitrogens with zero attached hydrogens (tertiary/aromatic N) is 1. The molecule has 17 heavy (non-hydrogen) atoms. The van der Waals surface area contributed by atoms with Gasteiger partial charge in [-0.3, -0.25) is 10.1 Å². The zero-order chi connectivity index (χ0) is 12.7. The van der Waals surface area contributed by atoms with Crippen LogP contribution in [0.2, 0.25) is 0 Å². The topological polar surface area (TPSA) is 63.4 Å². The molecule has 0 aromatic heterocycles. The molecule has 0 spiro atoms. The molecule has 0 aliphatic rings. The van der Waals surface area contributed by atoms with E-state index in [2.05, 4.69) is 0 Å². The van der Waals surface area contributed by atoms with Crippen LogP contribution in [0.1, 0.15) is 5.56 Å². The van der Waals surface area contributed by atoms with Crippen molar-refractivity contribution in [1.29, 1.82) is 0 Å². The van der Waals surface area contributed by atoms with Gasteiger partial charge < -0.3 is 5.11 Å². The first-order valence-corrected chi connectivity index (χ1v) is 5.05. The van der Waals surface area contributed by atoms with Crippen LogP contribution < -0.4 is 0 Å². The maximum absolute atomic E-state index is 10.2. The number of hydrogen-bond acceptors (Lipinski definition) is 3. The normalized spacial score (nSPS) is 9.00. The van der Waals surface area contributed by atoms with E-state index in [9.17, 15) is 10.1 Å². The Balaban J connectivity index is 0.000000181. The van der Waals surface area contributed by atoms with Crippen molar-refractivity contribution < 1.29 is 10.0 Å². The SMILES string of the molecule is Cc1ccccc1[N+](=O)[O-].Oc1ccccc1. The van der Waals surface area contributed by atoms with Crippen LogP contribution in [0, 0.1) is 17.0 Å². The molecule has 0 heterocycles. The molecule has 0 saturated heterocycles. The first-order valence-electron chi connectivity index (χ1n) is 5.05. The van der Waals surface area contributed by atoms with Gasteiger partial charge in [0.25, 0.3) is 5.69 Å². The lowest BCUT2D eigenvalue weighted by atomic mass is 10.2. The van der Waals surface area contributed by atoms with Gasteiger partial charge in [0.15, 0.2) is 0 Å². The van der Waals surface area contributed by atoms with Crippen LogP contribution in [0.3, 0.4) is 0 Å². The van der Waals surface area contributed by atoms with E-state index in [0.29, 0.717) is 11.3 Å². The second-order valence-corrected chi connectivity index (χ2v) is 3.38. The molecule has 0 atom stereocenters. The summed E-state index contributed by atoms with van der Waals surface area (Å²) in [6.07, 6.45) is 0. The average molecular weight is 231 g/mol. The highest BCUT2D eigenvalue weighted by Crippen LogP contribution is 2.14. The minimum atomic E-state index is -0.380. The molecule has 4 heteroatoms. The van der Waals surface area contributed by atoms with Crippen molar-refractivity contribution in [2.24, 2.45) is 0 Å². The van der Waals surface area contributed by atoms with Crippen molar-refractivity contribution in [3.8, 4) is 5.75 Å². The molecule has 2 aromatic carbocycles. The number of hydrogen-bond donors (Lipinski definition) is 1. The Hall–Kier alpha value is -2.36. The zero-order valence-electron chi connectivity index (χ0n) is 9.41. The molecule has 2 rings (SSSR count). The van der Waals surface area contributed by atoms with E-state index >= 15 is 0 Å². The summed E-state index contributed by atoms with van der Waals surface area (Å²) in [6.45, 7) is 1.72. The summed E-state index contributed by atoms with van der Waals surface area (Å²) < 4.78 is 0. The van der Waals surface area contributed by atoms with Gasteiger partial charge in [-0.15, -0.1) is 0 Å². The summed E-state index contributed by atoms with van der Waals surface area (Å²) in [5.41, 5.74) is 0.884. The largest absolute Gasteiger partial charge is 0.508 e. The second-order valence-electron chi connectivity index (χ2n) is 3.38. The second kappa shape index (κ2) is 6.27. The highest BCUT2D eigenvalue weighted by Gasteiger charge is 2.05. The van der Waals surface area contributed by atoms with Crippen LogP contribution in [0.15, 0.2) is 54.6 Å². The van der Waals surface area contributed by atoms with Crippen LogP contribution in [0.4, 0.5) is 5.69 Å². The molecule has 2 aromatic rings. The number of nitro groups is 1. The number of rotatable bonds is 1. The molecule has 0 unspecified atom stereocenters. The standard InChI is InChI=1S/C7H7NO2.C6H6O/c1-6-4-2-3-5-7(6)8(9)10;7-6-4-2-1-3-5-6/h2-5H,1H3;1-5,7H. The predicted octanol–water partition coefficient (Wildman–Crippen LogP) is 3.30. The summed E-state index contributed by atoms with van der Waals surface area (Å²) in [4.78, 5) is 9.85. The smallest absolute Gasteiger partial charge is 0.272 e. The van der Waals surface area contributed by atoms with Crippen LogP contribution in [-0.4, -0.2) is 10.0 Å². The van der Waals surface area contributed by atoms with E-state index in [-0.39, 0.29) is 10.6 Å². The lowest BCUT2D eigenvalue weighted by molar-refractivity contribution is -0.385. The molecule has 0 radical (unpaired) electrons. The quantitative estimate of drug-likeness (QED) is 0.605. The average Bonchev–Trinajstić information content (AvgIpc) is 2.31. The Morgan fingerprint density at radius 3 is 1.88 bits per heavy atom. The van der Waals surface area contributed by atoms with Crippen molar-refractivity contribution in [1.82, 2.24) is 0 Å². The van der Waals surface area contributed by atoms with Gasteiger partial charge >= 0.3 is 0 Å². The van der Waals surface area contributed by atoms with Gasteiger partial charge in [-0.25, -0.2) is 0 Å². The third-order valence-corrected chi connectivity index (χ3v) is 2.07. The maximum atomic E-state index is 10.2. The minimum absolute atomic E-state index is 0.183. The van der Waals surface area contributed by atoms with Crippen molar-refractivity contribution in [2.45, 2.75) is 6.92 Å². The van der Waals surface area contributed by atoms with Gasteiger partial charge in [0, 0.05) is 11.6 Å². The number of para-hydroxylation sites is 2. The molecule has 0 amide bonds. The van der Waals surface area contributed by atoms with Gasteiger partial charge in [0.05, 0.1) is 4.92 Å². The van der Waals surface area contributed by atoms with Gasteiger partial charge in [0.2, 0.25) is 0 Å². The lowest BCUT2D eigenvalue weighted by Crippen LogP contribution is -1.89.